The number of benzene rings is 2. The van der Waals surface area contributed by atoms with Gasteiger partial charge in [0.2, 0.25) is 5.91 Å². The molecule has 0 radical (unpaired) electrons. The molecule has 5 heteroatoms. The van der Waals surface area contributed by atoms with E-state index in [2.05, 4.69) is 5.32 Å². The zero-order valence-electron chi connectivity index (χ0n) is 15.8. The van der Waals surface area contributed by atoms with E-state index in [0.29, 0.717) is 23.4 Å². The number of aryl methyl sites for hydroxylation is 1. The van der Waals surface area contributed by atoms with Crippen LogP contribution in [0.25, 0.3) is 0 Å². The molecule has 142 valence electrons. The van der Waals surface area contributed by atoms with Gasteiger partial charge in [0.1, 0.15) is 0 Å². The van der Waals surface area contributed by atoms with Crippen molar-refractivity contribution in [3.8, 4) is 0 Å². The van der Waals surface area contributed by atoms with Crippen LogP contribution in [0, 0.1) is 6.92 Å². The monoisotopic (exact) mass is 367 g/mol. The molecular formula is C22H25NO4. The van der Waals surface area contributed by atoms with Crippen LogP contribution in [-0.4, -0.2) is 24.3 Å². The number of unbranched alkanes of at least 4 members (excludes halogenated alkanes) is 1. The summed E-state index contributed by atoms with van der Waals surface area (Å²) in [6.07, 6.45) is 1.88. The van der Waals surface area contributed by atoms with Crippen molar-refractivity contribution < 1.29 is 19.1 Å². The second kappa shape index (κ2) is 10.3. The molecule has 1 N–H and O–H groups in total. The Morgan fingerprint density at radius 1 is 0.963 bits per heavy atom. The van der Waals surface area contributed by atoms with Gasteiger partial charge in [-0.2, -0.15) is 0 Å². The largest absolute Gasteiger partial charge is 0.462 e. The Kier molecular flexibility index (Phi) is 7.74. The van der Waals surface area contributed by atoms with Crippen molar-refractivity contribution in [1.29, 1.82) is 0 Å². The Bertz CT molecular complexity index is 796. The first-order chi connectivity index (χ1) is 13.0. The molecule has 0 aliphatic rings. The van der Waals surface area contributed by atoms with Crippen molar-refractivity contribution in [2.75, 3.05) is 11.9 Å². The summed E-state index contributed by atoms with van der Waals surface area (Å²) in [5, 5.41) is 2.71. The number of anilines is 1. The third-order valence-corrected chi connectivity index (χ3v) is 4.10. The summed E-state index contributed by atoms with van der Waals surface area (Å²) < 4.78 is 5.21. The third-order valence-electron chi connectivity index (χ3n) is 4.10. The third kappa shape index (κ3) is 6.37. The first kappa shape index (κ1) is 20.4. The van der Waals surface area contributed by atoms with E-state index in [-0.39, 0.29) is 24.5 Å². The van der Waals surface area contributed by atoms with Gasteiger partial charge in [-0.25, -0.2) is 4.79 Å². The van der Waals surface area contributed by atoms with Crippen LogP contribution >= 0.6 is 0 Å². The first-order valence-corrected chi connectivity index (χ1v) is 9.17. The molecule has 2 aromatic carbocycles. The maximum Gasteiger partial charge on any atom is 0.340 e. The molecule has 0 saturated heterocycles. The van der Waals surface area contributed by atoms with Crippen LogP contribution in [0.15, 0.2) is 48.5 Å². The Balaban J connectivity index is 1.92. The van der Waals surface area contributed by atoms with Crippen molar-refractivity contribution in [1.82, 2.24) is 0 Å². The Morgan fingerprint density at radius 2 is 1.67 bits per heavy atom. The van der Waals surface area contributed by atoms with Crippen molar-refractivity contribution in [2.24, 2.45) is 0 Å². The average Bonchev–Trinajstić information content (AvgIpc) is 2.67. The summed E-state index contributed by atoms with van der Waals surface area (Å²) in [5.41, 5.74) is 2.37. The van der Waals surface area contributed by atoms with E-state index in [9.17, 15) is 14.4 Å². The van der Waals surface area contributed by atoms with E-state index >= 15 is 0 Å². The maximum absolute atomic E-state index is 12.2. The van der Waals surface area contributed by atoms with Crippen molar-refractivity contribution in [3.63, 3.8) is 0 Å². The van der Waals surface area contributed by atoms with Gasteiger partial charge in [-0.15, -0.1) is 0 Å². The van der Waals surface area contributed by atoms with Gasteiger partial charge < -0.3 is 10.1 Å². The fourth-order valence-corrected chi connectivity index (χ4v) is 2.48. The number of ketones is 1. The molecule has 0 aliphatic carbocycles. The van der Waals surface area contributed by atoms with Gasteiger partial charge >= 0.3 is 5.97 Å². The second-order valence-corrected chi connectivity index (χ2v) is 6.37. The summed E-state index contributed by atoms with van der Waals surface area (Å²) in [5.74, 6) is -0.864. The minimum Gasteiger partial charge on any atom is -0.462 e. The van der Waals surface area contributed by atoms with Gasteiger partial charge in [0.15, 0.2) is 5.78 Å². The Hall–Kier alpha value is -2.95. The van der Waals surface area contributed by atoms with Crippen LogP contribution in [0.1, 0.15) is 58.9 Å². The highest BCUT2D eigenvalue weighted by Gasteiger charge is 2.15. The normalized spacial score (nSPS) is 10.3. The smallest absolute Gasteiger partial charge is 0.340 e. The predicted molar refractivity (Wildman–Crippen MR) is 105 cm³/mol. The summed E-state index contributed by atoms with van der Waals surface area (Å²) in [6.45, 7) is 4.31. The SMILES string of the molecule is CCCCOC(=O)c1ccccc1NC(=O)CCC(=O)c1ccc(C)cc1. The predicted octanol–water partition coefficient (Wildman–Crippen LogP) is 4.55. The van der Waals surface area contributed by atoms with E-state index in [1.54, 1.807) is 36.4 Å². The van der Waals surface area contributed by atoms with Crippen LogP contribution in [-0.2, 0) is 9.53 Å². The summed E-state index contributed by atoms with van der Waals surface area (Å²) in [7, 11) is 0. The highest BCUT2D eigenvalue weighted by atomic mass is 16.5. The van der Waals surface area contributed by atoms with Gasteiger partial charge in [-0.3, -0.25) is 9.59 Å². The number of hydrogen-bond acceptors (Lipinski definition) is 4. The second-order valence-electron chi connectivity index (χ2n) is 6.37. The highest BCUT2D eigenvalue weighted by molar-refractivity contribution is 6.03. The number of carbonyl (C=O) groups is 3. The maximum atomic E-state index is 12.2. The molecule has 0 atom stereocenters. The number of nitrogens with one attached hydrogen (secondary N) is 1. The van der Waals surface area contributed by atoms with Gasteiger partial charge in [0.05, 0.1) is 17.9 Å². The first-order valence-electron chi connectivity index (χ1n) is 9.17. The Labute approximate surface area is 159 Å². The van der Waals surface area contributed by atoms with Crippen LogP contribution in [0.3, 0.4) is 0 Å². The van der Waals surface area contributed by atoms with E-state index in [0.717, 1.165) is 18.4 Å². The lowest BCUT2D eigenvalue weighted by Crippen LogP contribution is -2.17. The number of rotatable bonds is 9. The number of Topliss-reactive ketones (excluding diaryl/α,β-unsaturated/α-hetero) is 1. The molecule has 0 heterocycles. The number of esters is 1. The molecule has 0 fully saturated rings. The van der Waals surface area contributed by atoms with E-state index in [4.69, 9.17) is 4.74 Å². The molecule has 2 aromatic rings. The average molecular weight is 367 g/mol. The van der Waals surface area contributed by atoms with Gasteiger partial charge in [0.25, 0.3) is 0 Å². The number of carbonyl (C=O) groups excluding carboxylic acids is 3. The molecule has 0 aromatic heterocycles. The number of amides is 1. The lowest BCUT2D eigenvalue weighted by molar-refractivity contribution is -0.116. The molecule has 0 bridgehead atoms. The molecule has 0 saturated carbocycles. The van der Waals surface area contributed by atoms with Gasteiger partial charge in [-0.05, 0) is 25.5 Å². The molecule has 1 amide bonds. The van der Waals surface area contributed by atoms with Gasteiger partial charge in [-0.1, -0.05) is 55.3 Å². The van der Waals surface area contributed by atoms with E-state index < -0.39 is 5.97 Å². The topological polar surface area (TPSA) is 72.5 Å². The molecule has 0 aliphatic heterocycles. The minimum atomic E-state index is -0.463. The summed E-state index contributed by atoms with van der Waals surface area (Å²) in [4.78, 5) is 36.6. The number of hydrogen-bond donors (Lipinski definition) is 1. The zero-order chi connectivity index (χ0) is 19.6. The number of ether oxygens (including phenoxy) is 1. The van der Waals surface area contributed by atoms with Crippen LogP contribution in [0.2, 0.25) is 0 Å². The molecule has 5 nitrogen and oxygen atoms in total. The molecule has 0 spiro atoms. The molecule has 2 rings (SSSR count). The Morgan fingerprint density at radius 3 is 2.37 bits per heavy atom. The van der Waals surface area contributed by atoms with E-state index in [1.165, 1.54) is 0 Å². The quantitative estimate of drug-likeness (QED) is 0.401. The van der Waals surface area contributed by atoms with Gasteiger partial charge in [0, 0.05) is 18.4 Å². The molecule has 27 heavy (non-hydrogen) atoms. The standard InChI is InChI=1S/C22H25NO4/c1-3-4-15-27-22(26)18-7-5-6-8-19(18)23-21(25)14-13-20(24)17-11-9-16(2)10-12-17/h5-12H,3-4,13-15H2,1-2H3,(H,23,25). The van der Waals surface area contributed by atoms with Crippen molar-refractivity contribution in [2.45, 2.75) is 39.5 Å². The van der Waals surface area contributed by atoms with Crippen molar-refractivity contribution in [3.05, 3.63) is 65.2 Å². The lowest BCUT2D eigenvalue weighted by atomic mass is 10.0. The van der Waals surface area contributed by atoms with Crippen LogP contribution in [0.4, 0.5) is 5.69 Å². The van der Waals surface area contributed by atoms with E-state index in [1.807, 2.05) is 26.0 Å². The highest BCUT2D eigenvalue weighted by Crippen LogP contribution is 2.17. The zero-order valence-corrected chi connectivity index (χ0v) is 15.8. The minimum absolute atomic E-state index is 0.0475. The summed E-state index contributed by atoms with van der Waals surface area (Å²) >= 11 is 0. The lowest BCUT2D eigenvalue weighted by Gasteiger charge is -2.11. The van der Waals surface area contributed by atoms with Crippen LogP contribution < -0.4 is 5.32 Å². The van der Waals surface area contributed by atoms with Crippen LogP contribution in [0.5, 0.6) is 0 Å². The molecule has 0 unspecified atom stereocenters. The fourth-order valence-electron chi connectivity index (χ4n) is 2.48. The summed E-state index contributed by atoms with van der Waals surface area (Å²) in [6, 6.07) is 14.0. The number of para-hydroxylation sites is 1. The van der Waals surface area contributed by atoms with Crippen molar-refractivity contribution >= 4 is 23.3 Å². The fraction of sp³-hybridized carbons (Fsp3) is 0.318. The molecular weight excluding hydrogens is 342 g/mol.